The van der Waals surface area contributed by atoms with E-state index in [1.54, 1.807) is 0 Å². The van der Waals surface area contributed by atoms with Crippen molar-refractivity contribution >= 4 is 5.91 Å². The molecule has 0 unspecified atom stereocenters. The van der Waals surface area contributed by atoms with Crippen molar-refractivity contribution in [2.45, 2.75) is 6.18 Å². The van der Waals surface area contributed by atoms with Gasteiger partial charge in [0, 0.05) is 20.2 Å². The molecule has 0 aromatic rings. The van der Waals surface area contributed by atoms with Gasteiger partial charge in [0.15, 0.2) is 0 Å². The van der Waals surface area contributed by atoms with Crippen molar-refractivity contribution in [2.75, 3.05) is 14.1 Å². The highest BCUT2D eigenvalue weighted by atomic mass is 19.4. The van der Waals surface area contributed by atoms with Crippen molar-refractivity contribution in [1.82, 2.24) is 10.6 Å². The fourth-order valence-corrected chi connectivity index (χ4v) is 0.499. The molecule has 0 spiro atoms. The van der Waals surface area contributed by atoms with Gasteiger partial charge in [-0.2, -0.15) is 13.2 Å². The predicted octanol–water partition coefficient (Wildman–Crippen LogP) is 0.398. The maximum absolute atomic E-state index is 11.9. The van der Waals surface area contributed by atoms with Gasteiger partial charge in [-0.3, -0.25) is 4.79 Å². The number of hydrogen-bond acceptors (Lipinski definition) is 2. The number of allylic oxidation sites excluding steroid dienone is 1. The van der Waals surface area contributed by atoms with Gasteiger partial charge in [0.2, 0.25) is 5.91 Å². The van der Waals surface area contributed by atoms with Crippen molar-refractivity contribution in [3.05, 3.63) is 11.8 Å². The molecule has 0 aromatic carbocycles. The van der Waals surface area contributed by atoms with Gasteiger partial charge >= 0.3 is 6.18 Å². The lowest BCUT2D eigenvalue weighted by Gasteiger charge is -2.09. The third-order valence-corrected chi connectivity index (χ3v) is 1.10. The zero-order valence-corrected chi connectivity index (χ0v) is 6.62. The Balaban J connectivity index is 4.55. The average Bonchev–Trinajstić information content (AvgIpc) is 1.97. The summed E-state index contributed by atoms with van der Waals surface area (Å²) in [7, 11) is 2.35. The Labute approximate surface area is 67.6 Å². The number of nitrogens with one attached hydrogen (secondary N) is 2. The Kier molecular flexibility index (Phi) is 3.59. The van der Waals surface area contributed by atoms with Crippen LogP contribution in [-0.2, 0) is 4.79 Å². The molecular formula is C6H9F3N2O. The van der Waals surface area contributed by atoms with Crippen LogP contribution in [0.2, 0.25) is 0 Å². The molecule has 2 N–H and O–H groups in total. The van der Waals surface area contributed by atoms with E-state index in [1.165, 1.54) is 7.05 Å². The minimum atomic E-state index is -4.51. The van der Waals surface area contributed by atoms with Crippen molar-refractivity contribution < 1.29 is 18.0 Å². The first kappa shape index (κ1) is 10.8. The first-order chi connectivity index (χ1) is 5.41. The molecule has 0 radical (unpaired) electrons. The van der Waals surface area contributed by atoms with Crippen LogP contribution in [-0.4, -0.2) is 26.2 Å². The van der Waals surface area contributed by atoms with Crippen LogP contribution < -0.4 is 10.6 Å². The van der Waals surface area contributed by atoms with Crippen LogP contribution in [0.25, 0.3) is 0 Å². The highest BCUT2D eigenvalue weighted by Gasteiger charge is 2.33. The van der Waals surface area contributed by atoms with Crippen LogP contribution in [0.3, 0.4) is 0 Å². The molecule has 0 aliphatic rings. The average molecular weight is 182 g/mol. The van der Waals surface area contributed by atoms with E-state index in [1.807, 2.05) is 10.6 Å². The van der Waals surface area contributed by atoms with Crippen molar-refractivity contribution in [1.29, 1.82) is 0 Å². The Bertz CT molecular complexity index is 197. The van der Waals surface area contributed by atoms with Gasteiger partial charge in [-0.1, -0.05) is 0 Å². The molecule has 0 rings (SSSR count). The fraction of sp³-hybridized carbons (Fsp3) is 0.500. The Morgan fingerprint density at radius 1 is 1.25 bits per heavy atom. The summed E-state index contributed by atoms with van der Waals surface area (Å²) < 4.78 is 35.7. The molecule has 0 saturated heterocycles. The Morgan fingerprint density at radius 3 is 2.00 bits per heavy atom. The van der Waals surface area contributed by atoms with Gasteiger partial charge in [-0.15, -0.1) is 0 Å². The number of carbonyl (C=O) groups is 1. The van der Waals surface area contributed by atoms with E-state index in [0.717, 1.165) is 7.05 Å². The second kappa shape index (κ2) is 3.99. The van der Waals surface area contributed by atoms with Gasteiger partial charge in [0.1, 0.15) is 5.70 Å². The first-order valence-corrected chi connectivity index (χ1v) is 3.10. The van der Waals surface area contributed by atoms with Crippen LogP contribution in [0.15, 0.2) is 11.8 Å². The smallest absolute Gasteiger partial charge is 0.384 e. The number of alkyl halides is 3. The molecule has 3 nitrogen and oxygen atoms in total. The van der Waals surface area contributed by atoms with Gasteiger partial charge in [-0.25, -0.2) is 0 Å². The number of hydrogen-bond donors (Lipinski definition) is 2. The van der Waals surface area contributed by atoms with E-state index in [-0.39, 0.29) is 0 Å². The molecule has 0 aliphatic carbocycles. The van der Waals surface area contributed by atoms with Crippen LogP contribution >= 0.6 is 0 Å². The second-order valence-corrected chi connectivity index (χ2v) is 1.92. The summed E-state index contributed by atoms with van der Waals surface area (Å²) in [6.07, 6.45) is -4.05. The minimum Gasteiger partial charge on any atom is -0.384 e. The number of rotatable bonds is 2. The number of amides is 1. The van der Waals surface area contributed by atoms with Crippen molar-refractivity contribution in [3.63, 3.8) is 0 Å². The summed E-state index contributed by atoms with van der Waals surface area (Å²) in [6.45, 7) is 0. The molecule has 70 valence electrons. The third kappa shape index (κ3) is 3.27. The zero-order chi connectivity index (χ0) is 9.78. The maximum atomic E-state index is 11.9. The normalized spacial score (nSPS) is 12.6. The maximum Gasteiger partial charge on any atom is 0.431 e. The number of halogens is 3. The van der Waals surface area contributed by atoms with Gasteiger partial charge in [0.05, 0.1) is 0 Å². The van der Waals surface area contributed by atoms with E-state index in [9.17, 15) is 18.0 Å². The molecule has 0 bridgehead atoms. The summed E-state index contributed by atoms with van der Waals surface area (Å²) in [6, 6.07) is 0. The quantitative estimate of drug-likeness (QED) is 0.607. The molecule has 0 fully saturated rings. The molecule has 6 heteroatoms. The van der Waals surface area contributed by atoms with Crippen LogP contribution in [0.5, 0.6) is 0 Å². The second-order valence-electron chi connectivity index (χ2n) is 1.92. The third-order valence-electron chi connectivity index (χ3n) is 1.10. The van der Waals surface area contributed by atoms with E-state index in [2.05, 4.69) is 0 Å². The lowest BCUT2D eigenvalue weighted by Crippen LogP contribution is -2.26. The van der Waals surface area contributed by atoms with Crippen molar-refractivity contribution in [3.8, 4) is 0 Å². The van der Waals surface area contributed by atoms with E-state index < -0.39 is 17.8 Å². The van der Waals surface area contributed by atoms with Gasteiger partial charge in [-0.05, 0) is 0 Å². The summed E-state index contributed by atoms with van der Waals surface area (Å²) in [5.41, 5.74) is -1.07. The van der Waals surface area contributed by atoms with E-state index in [0.29, 0.717) is 6.08 Å². The van der Waals surface area contributed by atoms with E-state index in [4.69, 9.17) is 0 Å². The monoisotopic (exact) mass is 182 g/mol. The van der Waals surface area contributed by atoms with Gasteiger partial charge < -0.3 is 10.6 Å². The molecule has 0 saturated carbocycles. The molecule has 1 amide bonds. The van der Waals surface area contributed by atoms with Crippen LogP contribution in [0, 0.1) is 0 Å². The fourth-order valence-electron chi connectivity index (χ4n) is 0.499. The molecule has 0 aliphatic heterocycles. The summed E-state index contributed by atoms with van der Waals surface area (Å²) in [5.74, 6) is -0.795. The first-order valence-electron chi connectivity index (χ1n) is 3.10. The SMILES string of the molecule is CNC(=O)/C=C(\NC)C(F)(F)F. The predicted molar refractivity (Wildman–Crippen MR) is 37.3 cm³/mol. The highest BCUT2D eigenvalue weighted by Crippen LogP contribution is 2.22. The van der Waals surface area contributed by atoms with Crippen LogP contribution in [0.4, 0.5) is 13.2 Å². The summed E-state index contributed by atoms with van der Waals surface area (Å²) >= 11 is 0. The minimum absolute atomic E-state index is 0.458. The topological polar surface area (TPSA) is 41.1 Å². The molecule has 12 heavy (non-hydrogen) atoms. The van der Waals surface area contributed by atoms with E-state index >= 15 is 0 Å². The number of carbonyl (C=O) groups excluding carboxylic acids is 1. The lowest BCUT2D eigenvalue weighted by atomic mass is 10.3. The largest absolute Gasteiger partial charge is 0.431 e. The zero-order valence-electron chi connectivity index (χ0n) is 6.62. The summed E-state index contributed by atoms with van der Waals surface area (Å²) in [5, 5.41) is 3.93. The summed E-state index contributed by atoms with van der Waals surface area (Å²) in [4.78, 5) is 10.5. The Morgan fingerprint density at radius 2 is 1.75 bits per heavy atom. The van der Waals surface area contributed by atoms with Crippen molar-refractivity contribution in [2.24, 2.45) is 0 Å². The van der Waals surface area contributed by atoms with Crippen LogP contribution in [0.1, 0.15) is 0 Å². The Hall–Kier alpha value is -1.20. The molecule has 0 heterocycles. The standard InChI is InChI=1S/C6H9F3N2O/c1-10-4(6(7,8)9)3-5(12)11-2/h3,10H,1-2H3,(H,11,12)/b4-3-. The molecule has 0 aromatic heterocycles. The number of likely N-dealkylation sites (N-methyl/N-ethyl adjacent to an activating group) is 1. The molecular weight excluding hydrogens is 173 g/mol. The van der Waals surface area contributed by atoms with Gasteiger partial charge in [0.25, 0.3) is 0 Å². The highest BCUT2D eigenvalue weighted by molar-refractivity contribution is 5.88. The lowest BCUT2D eigenvalue weighted by molar-refractivity contribution is -0.118. The molecule has 0 atom stereocenters.